The molecule has 0 spiro atoms. The summed E-state index contributed by atoms with van der Waals surface area (Å²) in [5, 5.41) is 20.1. The minimum Gasteiger partial charge on any atom is -0.506 e. The van der Waals surface area contributed by atoms with E-state index in [-0.39, 0.29) is 22.0 Å². The van der Waals surface area contributed by atoms with Crippen LogP contribution in [0.4, 0.5) is 5.69 Å². The lowest BCUT2D eigenvalue weighted by Gasteiger charge is -2.09. The van der Waals surface area contributed by atoms with E-state index in [0.717, 1.165) is 0 Å². The van der Waals surface area contributed by atoms with Gasteiger partial charge in [-0.2, -0.15) is 0 Å². The maximum absolute atomic E-state index is 10.6. The largest absolute Gasteiger partial charge is 0.506 e. The van der Waals surface area contributed by atoms with Crippen molar-refractivity contribution in [2.75, 3.05) is 0 Å². The van der Waals surface area contributed by atoms with Crippen LogP contribution in [0.1, 0.15) is 18.5 Å². The van der Waals surface area contributed by atoms with Crippen molar-refractivity contribution >= 4 is 17.3 Å². The zero-order valence-corrected chi connectivity index (χ0v) is 8.15. The quantitative estimate of drug-likeness (QED) is 0.584. The molecule has 6 heteroatoms. The average Bonchev–Trinajstić information content (AvgIpc) is 2.08. The van der Waals surface area contributed by atoms with Gasteiger partial charge in [-0.25, -0.2) is 0 Å². The van der Waals surface area contributed by atoms with Crippen molar-refractivity contribution in [2.24, 2.45) is 5.73 Å². The van der Waals surface area contributed by atoms with E-state index in [1.807, 2.05) is 0 Å². The molecule has 0 saturated carbocycles. The molecule has 0 aliphatic heterocycles. The minimum absolute atomic E-state index is 0.0579. The van der Waals surface area contributed by atoms with Gasteiger partial charge in [0.15, 0.2) is 0 Å². The molecule has 14 heavy (non-hydrogen) atoms. The first-order chi connectivity index (χ1) is 6.45. The summed E-state index contributed by atoms with van der Waals surface area (Å²) in [6.07, 6.45) is 0. The Balaban J connectivity index is 3.45. The number of hydrogen-bond donors (Lipinski definition) is 2. The second kappa shape index (κ2) is 3.81. The van der Waals surface area contributed by atoms with Gasteiger partial charge >= 0.3 is 0 Å². The third-order valence-corrected chi connectivity index (χ3v) is 2.10. The number of rotatable bonds is 2. The van der Waals surface area contributed by atoms with Gasteiger partial charge in [0.1, 0.15) is 5.75 Å². The molecule has 0 radical (unpaired) electrons. The van der Waals surface area contributed by atoms with Gasteiger partial charge < -0.3 is 10.8 Å². The first-order valence-electron chi connectivity index (χ1n) is 3.86. The van der Waals surface area contributed by atoms with Crippen molar-refractivity contribution in [3.63, 3.8) is 0 Å². The van der Waals surface area contributed by atoms with E-state index in [4.69, 9.17) is 17.3 Å². The number of aromatic hydroxyl groups is 1. The Morgan fingerprint density at radius 2 is 2.21 bits per heavy atom. The summed E-state index contributed by atoms with van der Waals surface area (Å²) in [7, 11) is 0. The number of benzene rings is 1. The van der Waals surface area contributed by atoms with Gasteiger partial charge in [-0.05, 0) is 13.0 Å². The van der Waals surface area contributed by atoms with Crippen molar-refractivity contribution < 1.29 is 10.0 Å². The second-order valence-electron chi connectivity index (χ2n) is 2.87. The van der Waals surface area contributed by atoms with E-state index in [9.17, 15) is 15.2 Å². The minimum atomic E-state index is -0.644. The summed E-state index contributed by atoms with van der Waals surface area (Å²) >= 11 is 5.61. The number of nitro groups is 1. The maximum atomic E-state index is 10.6. The normalized spacial score (nSPS) is 12.5. The standard InChI is InChI=1S/C8H9ClN2O3/c1-4(10)7-6(11(13)14)3-2-5(9)8(7)12/h2-4,12H,10H2,1H3/t4-/m1/s1. The highest BCUT2D eigenvalue weighted by atomic mass is 35.5. The fourth-order valence-corrected chi connectivity index (χ4v) is 1.34. The van der Waals surface area contributed by atoms with Crippen molar-refractivity contribution in [2.45, 2.75) is 13.0 Å². The predicted octanol–water partition coefficient (Wildman–Crippen LogP) is 1.97. The number of nitrogens with two attached hydrogens (primary N) is 1. The van der Waals surface area contributed by atoms with Gasteiger partial charge in [0.2, 0.25) is 0 Å². The molecule has 0 saturated heterocycles. The van der Waals surface area contributed by atoms with Crippen LogP contribution in [0.5, 0.6) is 5.75 Å². The fraction of sp³-hybridized carbons (Fsp3) is 0.250. The number of nitrogens with zero attached hydrogens (tertiary/aromatic N) is 1. The summed E-state index contributed by atoms with van der Waals surface area (Å²) < 4.78 is 0. The lowest BCUT2D eigenvalue weighted by molar-refractivity contribution is -0.385. The zero-order chi connectivity index (χ0) is 10.9. The molecule has 1 aromatic carbocycles. The Bertz CT molecular complexity index is 379. The molecule has 76 valence electrons. The number of phenols is 1. The molecule has 1 aromatic rings. The van der Waals surface area contributed by atoms with Crippen molar-refractivity contribution in [1.29, 1.82) is 0 Å². The van der Waals surface area contributed by atoms with Crippen LogP contribution in [-0.4, -0.2) is 10.0 Å². The smallest absolute Gasteiger partial charge is 0.277 e. The molecule has 0 amide bonds. The van der Waals surface area contributed by atoms with Crippen molar-refractivity contribution in [3.05, 3.63) is 32.8 Å². The molecule has 0 aliphatic carbocycles. The predicted molar refractivity (Wildman–Crippen MR) is 52.4 cm³/mol. The average molecular weight is 217 g/mol. The number of nitro benzene ring substituents is 1. The second-order valence-corrected chi connectivity index (χ2v) is 3.28. The lowest BCUT2D eigenvalue weighted by Crippen LogP contribution is -2.08. The molecular weight excluding hydrogens is 208 g/mol. The third-order valence-electron chi connectivity index (χ3n) is 1.80. The fourth-order valence-electron chi connectivity index (χ4n) is 1.18. The molecule has 0 aliphatic rings. The first kappa shape index (κ1) is 10.7. The van der Waals surface area contributed by atoms with Gasteiger partial charge in [0, 0.05) is 12.1 Å². The van der Waals surface area contributed by atoms with Crippen molar-refractivity contribution in [3.8, 4) is 5.75 Å². The summed E-state index contributed by atoms with van der Waals surface area (Å²) in [6.45, 7) is 1.54. The van der Waals surface area contributed by atoms with E-state index in [0.29, 0.717) is 0 Å². The molecule has 0 aromatic heterocycles. The Hall–Kier alpha value is -1.33. The highest BCUT2D eigenvalue weighted by Gasteiger charge is 2.22. The van der Waals surface area contributed by atoms with Crippen LogP contribution in [0, 0.1) is 10.1 Å². The van der Waals surface area contributed by atoms with Gasteiger partial charge in [-0.1, -0.05) is 11.6 Å². The monoisotopic (exact) mass is 216 g/mol. The molecular formula is C8H9ClN2O3. The van der Waals surface area contributed by atoms with Crippen LogP contribution in [-0.2, 0) is 0 Å². The molecule has 3 N–H and O–H groups in total. The van der Waals surface area contributed by atoms with Gasteiger partial charge in [-0.15, -0.1) is 0 Å². The van der Waals surface area contributed by atoms with Crippen LogP contribution in [0.25, 0.3) is 0 Å². The molecule has 0 heterocycles. The third kappa shape index (κ3) is 1.78. The van der Waals surface area contributed by atoms with Gasteiger partial charge in [0.25, 0.3) is 5.69 Å². The maximum Gasteiger partial charge on any atom is 0.277 e. The Morgan fingerprint density at radius 3 is 2.64 bits per heavy atom. The molecule has 1 rings (SSSR count). The summed E-state index contributed by atoms with van der Waals surface area (Å²) in [4.78, 5) is 9.98. The highest BCUT2D eigenvalue weighted by Crippen LogP contribution is 2.37. The molecule has 1 atom stereocenters. The number of hydrogen-bond acceptors (Lipinski definition) is 4. The Morgan fingerprint density at radius 1 is 1.64 bits per heavy atom. The summed E-state index contributed by atoms with van der Waals surface area (Å²) in [5.41, 5.74) is 5.34. The highest BCUT2D eigenvalue weighted by molar-refractivity contribution is 6.32. The van der Waals surface area contributed by atoms with Crippen LogP contribution in [0.15, 0.2) is 12.1 Å². The van der Waals surface area contributed by atoms with Crippen LogP contribution in [0.3, 0.4) is 0 Å². The molecule has 0 bridgehead atoms. The molecule has 0 unspecified atom stereocenters. The number of phenolic OH excluding ortho intramolecular Hbond substituents is 1. The van der Waals surface area contributed by atoms with E-state index < -0.39 is 11.0 Å². The van der Waals surface area contributed by atoms with Crippen LogP contribution in [0.2, 0.25) is 5.02 Å². The van der Waals surface area contributed by atoms with Crippen LogP contribution >= 0.6 is 11.6 Å². The van der Waals surface area contributed by atoms with Gasteiger partial charge in [0.05, 0.1) is 15.5 Å². The Labute approximate surface area is 85.3 Å². The van der Waals surface area contributed by atoms with Gasteiger partial charge in [-0.3, -0.25) is 10.1 Å². The first-order valence-corrected chi connectivity index (χ1v) is 4.24. The zero-order valence-electron chi connectivity index (χ0n) is 7.40. The molecule has 5 nitrogen and oxygen atoms in total. The summed E-state index contributed by atoms with van der Waals surface area (Å²) in [6, 6.07) is 1.84. The summed E-state index contributed by atoms with van der Waals surface area (Å²) in [5.74, 6) is -0.323. The molecule has 0 fully saturated rings. The van der Waals surface area contributed by atoms with Crippen molar-refractivity contribution in [1.82, 2.24) is 0 Å². The van der Waals surface area contributed by atoms with E-state index in [2.05, 4.69) is 0 Å². The van der Waals surface area contributed by atoms with E-state index >= 15 is 0 Å². The van der Waals surface area contributed by atoms with Crippen LogP contribution < -0.4 is 5.73 Å². The van der Waals surface area contributed by atoms with E-state index in [1.165, 1.54) is 12.1 Å². The topological polar surface area (TPSA) is 89.4 Å². The van der Waals surface area contributed by atoms with E-state index in [1.54, 1.807) is 6.92 Å². The Kier molecular flexibility index (Phi) is 2.93. The SMILES string of the molecule is C[C@@H](N)c1c([N+](=O)[O-])ccc(Cl)c1O. The lowest BCUT2D eigenvalue weighted by atomic mass is 10.1. The number of halogens is 1.